The van der Waals surface area contributed by atoms with Crippen molar-refractivity contribution in [2.75, 3.05) is 5.73 Å². The van der Waals surface area contributed by atoms with Gasteiger partial charge in [0.25, 0.3) is 0 Å². The molecule has 0 unspecified atom stereocenters. The van der Waals surface area contributed by atoms with Crippen LogP contribution in [0.2, 0.25) is 5.02 Å². The maximum atomic E-state index is 6.18. The van der Waals surface area contributed by atoms with Crippen molar-refractivity contribution in [3.05, 3.63) is 35.6 Å². The Kier molecular flexibility index (Phi) is 2.68. The number of anilines is 1. The van der Waals surface area contributed by atoms with Crippen LogP contribution in [-0.2, 0) is 7.05 Å². The van der Waals surface area contributed by atoms with E-state index in [2.05, 4.69) is 20.6 Å². The molecular formula is C11H10ClN7. The number of hydrogen-bond acceptors (Lipinski definition) is 5. The number of hydrogen-bond donors (Lipinski definition) is 1. The summed E-state index contributed by atoms with van der Waals surface area (Å²) in [4.78, 5) is 0. The molecule has 0 aliphatic rings. The minimum atomic E-state index is 0.500. The Morgan fingerprint density at radius 3 is 2.84 bits per heavy atom. The minimum absolute atomic E-state index is 0.500. The van der Waals surface area contributed by atoms with Gasteiger partial charge in [0.1, 0.15) is 5.69 Å². The number of rotatable bonds is 2. The van der Waals surface area contributed by atoms with Gasteiger partial charge >= 0.3 is 0 Å². The van der Waals surface area contributed by atoms with Crippen LogP contribution < -0.4 is 5.73 Å². The van der Waals surface area contributed by atoms with Crippen molar-refractivity contribution in [1.29, 1.82) is 0 Å². The highest BCUT2D eigenvalue weighted by Gasteiger charge is 2.14. The first-order valence-electron chi connectivity index (χ1n) is 5.48. The molecule has 96 valence electrons. The SMILES string of the molecule is Cn1cc(-n2nnnc2-c2ccc(N)cc2Cl)cn1. The van der Waals surface area contributed by atoms with Crippen LogP contribution in [0, 0.1) is 0 Å². The van der Waals surface area contributed by atoms with Crippen LogP contribution in [0.3, 0.4) is 0 Å². The summed E-state index contributed by atoms with van der Waals surface area (Å²) in [5, 5.41) is 16.2. The maximum absolute atomic E-state index is 6.18. The number of nitrogens with zero attached hydrogens (tertiary/aromatic N) is 6. The van der Waals surface area contributed by atoms with E-state index in [1.165, 1.54) is 0 Å². The van der Waals surface area contributed by atoms with Gasteiger partial charge < -0.3 is 5.73 Å². The van der Waals surface area contributed by atoms with Crippen LogP contribution in [0.15, 0.2) is 30.6 Å². The number of aryl methyl sites for hydroxylation is 1. The zero-order valence-electron chi connectivity index (χ0n) is 10.0. The first kappa shape index (κ1) is 11.7. The molecule has 3 rings (SSSR count). The highest BCUT2D eigenvalue weighted by atomic mass is 35.5. The number of benzene rings is 1. The fraction of sp³-hybridized carbons (Fsp3) is 0.0909. The monoisotopic (exact) mass is 275 g/mol. The lowest BCUT2D eigenvalue weighted by Gasteiger charge is -2.04. The third-order valence-corrected chi connectivity index (χ3v) is 2.95. The van der Waals surface area contributed by atoms with Gasteiger partial charge in [0.2, 0.25) is 0 Å². The Bertz CT molecular complexity index is 730. The van der Waals surface area contributed by atoms with Gasteiger partial charge in [-0.3, -0.25) is 4.68 Å². The number of nitrogen functional groups attached to an aromatic ring is 1. The molecule has 0 aliphatic carbocycles. The lowest BCUT2D eigenvalue weighted by atomic mass is 10.2. The lowest BCUT2D eigenvalue weighted by molar-refractivity contribution is 0.762. The van der Waals surface area contributed by atoms with E-state index in [-0.39, 0.29) is 0 Å². The molecule has 2 heterocycles. The zero-order chi connectivity index (χ0) is 13.4. The molecule has 1 aromatic carbocycles. The Labute approximate surface area is 113 Å². The van der Waals surface area contributed by atoms with Gasteiger partial charge in [-0.05, 0) is 28.6 Å². The van der Waals surface area contributed by atoms with E-state index in [1.807, 2.05) is 13.2 Å². The van der Waals surface area contributed by atoms with Crippen molar-refractivity contribution in [3.8, 4) is 17.1 Å². The summed E-state index contributed by atoms with van der Waals surface area (Å²) in [6.07, 6.45) is 3.48. The first-order valence-corrected chi connectivity index (χ1v) is 5.86. The third kappa shape index (κ3) is 2.04. The van der Waals surface area contributed by atoms with Crippen molar-refractivity contribution in [3.63, 3.8) is 0 Å². The highest BCUT2D eigenvalue weighted by molar-refractivity contribution is 6.33. The average molecular weight is 276 g/mol. The summed E-state index contributed by atoms with van der Waals surface area (Å²) in [6.45, 7) is 0. The lowest BCUT2D eigenvalue weighted by Crippen LogP contribution is -1.99. The van der Waals surface area contributed by atoms with E-state index < -0.39 is 0 Å². The van der Waals surface area contributed by atoms with Crippen molar-refractivity contribution < 1.29 is 0 Å². The van der Waals surface area contributed by atoms with Gasteiger partial charge in [0.15, 0.2) is 5.82 Å². The maximum Gasteiger partial charge on any atom is 0.188 e. The van der Waals surface area contributed by atoms with Crippen molar-refractivity contribution in [1.82, 2.24) is 30.0 Å². The van der Waals surface area contributed by atoms with Crippen molar-refractivity contribution in [2.24, 2.45) is 7.05 Å². The molecule has 8 heteroatoms. The van der Waals surface area contributed by atoms with E-state index >= 15 is 0 Å². The molecule has 7 nitrogen and oxygen atoms in total. The minimum Gasteiger partial charge on any atom is -0.399 e. The molecule has 2 aromatic heterocycles. The van der Waals surface area contributed by atoms with E-state index in [9.17, 15) is 0 Å². The van der Waals surface area contributed by atoms with E-state index in [0.717, 1.165) is 5.69 Å². The quantitative estimate of drug-likeness (QED) is 0.712. The molecular weight excluding hydrogens is 266 g/mol. The molecule has 0 saturated carbocycles. The molecule has 0 radical (unpaired) electrons. The molecule has 0 fully saturated rings. The summed E-state index contributed by atoms with van der Waals surface area (Å²) in [6, 6.07) is 5.21. The summed E-state index contributed by atoms with van der Waals surface area (Å²) in [5.41, 5.74) is 7.74. The predicted molar refractivity (Wildman–Crippen MR) is 70.8 cm³/mol. The van der Waals surface area contributed by atoms with Crippen LogP contribution in [0.4, 0.5) is 5.69 Å². The average Bonchev–Trinajstić information content (AvgIpc) is 2.97. The van der Waals surface area contributed by atoms with Crippen molar-refractivity contribution >= 4 is 17.3 Å². The summed E-state index contributed by atoms with van der Waals surface area (Å²) < 4.78 is 3.25. The van der Waals surface area contributed by atoms with Gasteiger partial charge in [0, 0.05) is 18.3 Å². The van der Waals surface area contributed by atoms with Gasteiger partial charge in [-0.25, -0.2) is 0 Å². The molecule has 0 spiro atoms. The molecule has 0 atom stereocenters. The second-order valence-electron chi connectivity index (χ2n) is 4.03. The summed E-state index contributed by atoms with van der Waals surface area (Å²) in [7, 11) is 1.82. The van der Waals surface area contributed by atoms with Crippen LogP contribution in [0.25, 0.3) is 17.1 Å². The molecule has 3 aromatic rings. The molecule has 0 saturated heterocycles. The summed E-state index contributed by atoms with van der Waals surface area (Å²) in [5.74, 6) is 0.540. The number of nitrogens with two attached hydrogens (primary N) is 1. The highest BCUT2D eigenvalue weighted by Crippen LogP contribution is 2.28. The fourth-order valence-electron chi connectivity index (χ4n) is 1.76. The Morgan fingerprint density at radius 2 is 2.16 bits per heavy atom. The van der Waals surface area contributed by atoms with Gasteiger partial charge in [0.05, 0.1) is 17.4 Å². The van der Waals surface area contributed by atoms with Gasteiger partial charge in [-0.2, -0.15) is 9.78 Å². The predicted octanol–water partition coefficient (Wildman–Crippen LogP) is 1.30. The first-order chi connectivity index (χ1) is 9.15. The molecule has 2 N–H and O–H groups in total. The number of aromatic nitrogens is 6. The van der Waals surface area contributed by atoms with Crippen LogP contribution in [0.1, 0.15) is 0 Å². The standard InChI is InChI=1S/C11H10ClN7/c1-18-6-8(5-14-18)19-11(15-16-17-19)9-3-2-7(13)4-10(9)12/h2-6H,13H2,1H3. The second-order valence-corrected chi connectivity index (χ2v) is 4.43. The Morgan fingerprint density at radius 1 is 1.32 bits per heavy atom. The van der Waals surface area contributed by atoms with Gasteiger partial charge in [-0.1, -0.05) is 11.6 Å². The normalized spacial score (nSPS) is 10.8. The van der Waals surface area contributed by atoms with Crippen molar-refractivity contribution in [2.45, 2.75) is 0 Å². The third-order valence-electron chi connectivity index (χ3n) is 2.64. The zero-order valence-corrected chi connectivity index (χ0v) is 10.8. The van der Waals surface area contributed by atoms with E-state index in [4.69, 9.17) is 17.3 Å². The van der Waals surface area contributed by atoms with E-state index in [0.29, 0.717) is 22.1 Å². The second kappa shape index (κ2) is 4.36. The van der Waals surface area contributed by atoms with E-state index in [1.54, 1.807) is 33.8 Å². The van der Waals surface area contributed by atoms with Crippen LogP contribution >= 0.6 is 11.6 Å². The molecule has 0 aliphatic heterocycles. The fourth-order valence-corrected chi connectivity index (χ4v) is 2.03. The Hall–Kier alpha value is -2.41. The topological polar surface area (TPSA) is 87.4 Å². The number of tetrazole rings is 1. The Balaban J connectivity index is 2.14. The van der Waals surface area contributed by atoms with Crippen LogP contribution in [-0.4, -0.2) is 30.0 Å². The largest absolute Gasteiger partial charge is 0.399 e. The summed E-state index contributed by atoms with van der Waals surface area (Å²) >= 11 is 6.18. The molecule has 0 amide bonds. The van der Waals surface area contributed by atoms with Crippen LogP contribution in [0.5, 0.6) is 0 Å². The number of halogens is 1. The molecule has 19 heavy (non-hydrogen) atoms. The smallest absolute Gasteiger partial charge is 0.188 e. The van der Waals surface area contributed by atoms with Gasteiger partial charge in [-0.15, -0.1) is 5.10 Å². The molecule has 0 bridgehead atoms.